The van der Waals surface area contributed by atoms with E-state index in [9.17, 15) is 9.59 Å². The summed E-state index contributed by atoms with van der Waals surface area (Å²) in [5.41, 5.74) is 3.21. The summed E-state index contributed by atoms with van der Waals surface area (Å²) in [4.78, 5) is 27.6. The smallest absolute Gasteiger partial charge is 0.257 e. The Labute approximate surface area is 181 Å². The van der Waals surface area contributed by atoms with Crippen LogP contribution in [0.3, 0.4) is 0 Å². The number of aromatic nitrogens is 4. The molecule has 0 radical (unpaired) electrons. The van der Waals surface area contributed by atoms with Crippen molar-refractivity contribution >= 4 is 17.5 Å². The first-order valence-corrected chi connectivity index (χ1v) is 10.9. The van der Waals surface area contributed by atoms with Crippen molar-refractivity contribution in [2.45, 2.75) is 39.7 Å². The number of piperidine rings is 1. The summed E-state index contributed by atoms with van der Waals surface area (Å²) in [5, 5.41) is 11.6. The molecule has 0 saturated carbocycles. The van der Waals surface area contributed by atoms with E-state index < -0.39 is 0 Å². The van der Waals surface area contributed by atoms with Crippen molar-refractivity contribution in [3.05, 3.63) is 60.2 Å². The van der Waals surface area contributed by atoms with Crippen LogP contribution in [0.1, 0.15) is 42.7 Å². The van der Waals surface area contributed by atoms with Gasteiger partial charge in [-0.1, -0.05) is 25.1 Å². The largest absolute Gasteiger partial charge is 0.338 e. The lowest BCUT2D eigenvalue weighted by molar-refractivity contribution is -0.121. The van der Waals surface area contributed by atoms with Crippen molar-refractivity contribution in [3.8, 4) is 5.69 Å². The van der Waals surface area contributed by atoms with Gasteiger partial charge in [0.2, 0.25) is 5.91 Å². The van der Waals surface area contributed by atoms with Gasteiger partial charge in [0.15, 0.2) is 0 Å². The molecule has 0 unspecified atom stereocenters. The third kappa shape index (κ3) is 4.38. The lowest BCUT2D eigenvalue weighted by atomic mass is 9.95. The van der Waals surface area contributed by atoms with Crippen LogP contribution in [0.4, 0.5) is 5.69 Å². The fourth-order valence-corrected chi connectivity index (χ4v) is 4.04. The number of nitrogens with one attached hydrogen (secondary N) is 1. The number of rotatable bonds is 6. The third-order valence-electron chi connectivity index (χ3n) is 5.81. The molecule has 8 nitrogen and oxygen atoms in total. The average molecular weight is 421 g/mol. The van der Waals surface area contributed by atoms with Crippen molar-refractivity contribution in [1.29, 1.82) is 0 Å². The first-order chi connectivity index (χ1) is 15.1. The number of benzene rings is 1. The number of anilines is 1. The Kier molecular flexibility index (Phi) is 6.16. The van der Waals surface area contributed by atoms with Crippen LogP contribution in [-0.4, -0.2) is 49.4 Å². The molecule has 2 aromatic heterocycles. The molecule has 1 aliphatic heterocycles. The van der Waals surface area contributed by atoms with Crippen LogP contribution in [0.5, 0.6) is 0 Å². The first kappa shape index (κ1) is 20.8. The van der Waals surface area contributed by atoms with E-state index in [-0.39, 0.29) is 17.7 Å². The molecule has 162 valence electrons. The normalized spacial score (nSPS) is 14.6. The van der Waals surface area contributed by atoms with Gasteiger partial charge in [0.25, 0.3) is 5.91 Å². The van der Waals surface area contributed by atoms with Gasteiger partial charge in [0.05, 0.1) is 35.0 Å². The number of nitrogens with zero attached hydrogens (tertiary/aromatic N) is 5. The van der Waals surface area contributed by atoms with Crippen LogP contribution in [0.15, 0.2) is 48.9 Å². The van der Waals surface area contributed by atoms with E-state index in [1.54, 1.807) is 17.1 Å². The Balaban J connectivity index is 1.39. The molecule has 0 spiro atoms. The molecule has 0 atom stereocenters. The molecule has 8 heteroatoms. The summed E-state index contributed by atoms with van der Waals surface area (Å²) in [7, 11) is 0. The number of amides is 2. The topological polar surface area (TPSA) is 85.1 Å². The molecule has 3 heterocycles. The summed E-state index contributed by atoms with van der Waals surface area (Å²) in [5.74, 6) is -0.122. The number of aryl methyl sites for hydroxylation is 1. The quantitative estimate of drug-likeness (QED) is 0.664. The van der Waals surface area contributed by atoms with Crippen LogP contribution in [0.2, 0.25) is 0 Å². The van der Waals surface area contributed by atoms with Crippen LogP contribution < -0.4 is 5.32 Å². The second-order valence-electron chi connectivity index (χ2n) is 7.75. The third-order valence-corrected chi connectivity index (χ3v) is 5.81. The minimum Gasteiger partial charge on any atom is -0.338 e. The Morgan fingerprint density at radius 2 is 1.81 bits per heavy atom. The van der Waals surface area contributed by atoms with Crippen LogP contribution >= 0.6 is 0 Å². The molecule has 0 aliphatic carbocycles. The highest BCUT2D eigenvalue weighted by molar-refractivity contribution is 5.96. The molecule has 31 heavy (non-hydrogen) atoms. The van der Waals surface area contributed by atoms with Crippen molar-refractivity contribution in [2.75, 3.05) is 18.4 Å². The summed E-state index contributed by atoms with van der Waals surface area (Å²) in [6.45, 7) is 5.91. The maximum absolute atomic E-state index is 13.2. The Morgan fingerprint density at radius 3 is 2.45 bits per heavy atom. The maximum atomic E-state index is 13.2. The van der Waals surface area contributed by atoms with Gasteiger partial charge >= 0.3 is 0 Å². The van der Waals surface area contributed by atoms with Crippen LogP contribution in [-0.2, 0) is 17.8 Å². The predicted molar refractivity (Wildman–Crippen MR) is 118 cm³/mol. The number of likely N-dealkylation sites (tertiary alicyclic amines) is 1. The van der Waals surface area contributed by atoms with Crippen LogP contribution in [0.25, 0.3) is 5.69 Å². The Hall–Kier alpha value is -3.42. The van der Waals surface area contributed by atoms with Crippen molar-refractivity contribution in [1.82, 2.24) is 24.5 Å². The molecule has 1 N–H and O–H groups in total. The van der Waals surface area contributed by atoms with Gasteiger partial charge < -0.3 is 10.2 Å². The molecule has 4 rings (SSSR count). The molecule has 1 fully saturated rings. The minimum atomic E-state index is -0.105. The molecule has 1 aromatic carbocycles. The highest BCUT2D eigenvalue weighted by atomic mass is 16.2. The minimum absolute atomic E-state index is 0.00565. The van der Waals surface area contributed by atoms with Gasteiger partial charge in [0, 0.05) is 31.7 Å². The molecule has 2 amide bonds. The van der Waals surface area contributed by atoms with E-state index in [0.717, 1.165) is 17.9 Å². The van der Waals surface area contributed by atoms with Gasteiger partial charge in [0.1, 0.15) is 0 Å². The van der Waals surface area contributed by atoms with Gasteiger partial charge in [-0.3, -0.25) is 14.3 Å². The van der Waals surface area contributed by atoms with Gasteiger partial charge in [-0.2, -0.15) is 10.2 Å². The fourth-order valence-electron chi connectivity index (χ4n) is 4.04. The van der Waals surface area contributed by atoms with Gasteiger partial charge in [-0.25, -0.2) is 4.68 Å². The van der Waals surface area contributed by atoms with E-state index in [1.807, 2.05) is 60.0 Å². The molecular formula is C23H28N6O2. The van der Waals surface area contributed by atoms with E-state index in [4.69, 9.17) is 0 Å². The van der Waals surface area contributed by atoms with Crippen LogP contribution in [0, 0.1) is 5.92 Å². The average Bonchev–Trinajstić information content (AvgIpc) is 3.46. The zero-order valence-electron chi connectivity index (χ0n) is 18.0. The Morgan fingerprint density at radius 1 is 1.06 bits per heavy atom. The standard InChI is InChI=1S/C23H28N6O2/c1-3-21-20(15-25-29(21)19-8-6-5-7-9-19)23(31)27-12-10-17(11-13-27)22(30)26-18-14-24-28(4-2)16-18/h5-9,14-17H,3-4,10-13H2,1-2H3,(H,26,30). The summed E-state index contributed by atoms with van der Waals surface area (Å²) >= 11 is 0. The van der Waals surface area contributed by atoms with Gasteiger partial charge in [-0.15, -0.1) is 0 Å². The van der Waals surface area contributed by atoms with Crippen molar-refractivity contribution in [2.24, 2.45) is 5.92 Å². The number of carbonyl (C=O) groups is 2. The molecule has 1 saturated heterocycles. The van der Waals surface area contributed by atoms with Gasteiger partial charge in [-0.05, 0) is 38.3 Å². The maximum Gasteiger partial charge on any atom is 0.257 e. The van der Waals surface area contributed by atoms with E-state index >= 15 is 0 Å². The number of para-hydroxylation sites is 1. The second-order valence-corrected chi connectivity index (χ2v) is 7.75. The number of hydrogen-bond acceptors (Lipinski definition) is 4. The van der Waals surface area contributed by atoms with E-state index in [2.05, 4.69) is 15.5 Å². The van der Waals surface area contributed by atoms with E-state index in [0.29, 0.717) is 43.6 Å². The summed E-state index contributed by atoms with van der Waals surface area (Å²) < 4.78 is 3.61. The highest BCUT2D eigenvalue weighted by Gasteiger charge is 2.30. The second kappa shape index (κ2) is 9.16. The lowest BCUT2D eigenvalue weighted by Crippen LogP contribution is -2.41. The lowest BCUT2D eigenvalue weighted by Gasteiger charge is -2.31. The van der Waals surface area contributed by atoms with Crippen molar-refractivity contribution in [3.63, 3.8) is 0 Å². The zero-order chi connectivity index (χ0) is 21.8. The number of hydrogen-bond donors (Lipinski definition) is 1. The van der Waals surface area contributed by atoms with Crippen molar-refractivity contribution < 1.29 is 9.59 Å². The molecule has 0 bridgehead atoms. The first-order valence-electron chi connectivity index (χ1n) is 10.9. The molecule has 1 aliphatic rings. The molecular weight excluding hydrogens is 392 g/mol. The summed E-state index contributed by atoms with van der Waals surface area (Å²) in [6.07, 6.45) is 7.16. The fraction of sp³-hybridized carbons (Fsp3) is 0.391. The SMILES string of the molecule is CCc1c(C(=O)N2CCC(C(=O)Nc3cnn(CC)c3)CC2)cnn1-c1ccccc1. The highest BCUT2D eigenvalue weighted by Crippen LogP contribution is 2.23. The summed E-state index contributed by atoms with van der Waals surface area (Å²) in [6, 6.07) is 9.84. The van der Waals surface area contributed by atoms with E-state index in [1.165, 1.54) is 0 Å². The molecule has 3 aromatic rings. The zero-order valence-corrected chi connectivity index (χ0v) is 18.0. The monoisotopic (exact) mass is 420 g/mol. The predicted octanol–water partition coefficient (Wildman–Crippen LogP) is 3.14. The number of carbonyl (C=O) groups excluding carboxylic acids is 2. The Bertz CT molecular complexity index is 1050.